The highest BCUT2D eigenvalue weighted by Gasteiger charge is 2.28. The van der Waals surface area contributed by atoms with Gasteiger partial charge in [0.25, 0.3) is 5.91 Å². The average Bonchev–Trinajstić information content (AvgIpc) is 2.44. The second kappa shape index (κ2) is 6.31. The average molecular weight is 282 g/mol. The minimum atomic E-state index is -0.793. The zero-order valence-corrected chi connectivity index (χ0v) is 11.7. The Balaban J connectivity index is 2.21. The fourth-order valence-electron chi connectivity index (χ4n) is 2.73. The van der Waals surface area contributed by atoms with Gasteiger partial charge in [-0.2, -0.15) is 0 Å². The van der Waals surface area contributed by atoms with Crippen LogP contribution in [0.25, 0.3) is 0 Å². The predicted molar refractivity (Wildman–Crippen MR) is 73.4 cm³/mol. The summed E-state index contributed by atoms with van der Waals surface area (Å²) in [4.78, 5) is 13.9. The molecule has 0 saturated carbocycles. The van der Waals surface area contributed by atoms with Crippen LogP contribution in [0.2, 0.25) is 0 Å². The van der Waals surface area contributed by atoms with Crippen LogP contribution in [0.3, 0.4) is 0 Å². The molecular weight excluding hydrogens is 262 g/mol. The largest absolute Gasteiger partial charge is 0.338 e. The Morgan fingerprint density at radius 3 is 2.90 bits per heavy atom. The summed E-state index contributed by atoms with van der Waals surface area (Å²) >= 11 is 0. The Morgan fingerprint density at radius 2 is 2.20 bits per heavy atom. The molecule has 5 heteroatoms. The molecular formula is C15H20F2N2O. The van der Waals surface area contributed by atoms with Crippen molar-refractivity contribution in [2.24, 2.45) is 11.7 Å². The molecule has 0 aromatic heterocycles. The summed E-state index contributed by atoms with van der Waals surface area (Å²) in [5.41, 5.74) is 5.39. The quantitative estimate of drug-likeness (QED) is 0.925. The van der Waals surface area contributed by atoms with Gasteiger partial charge in [0.05, 0.1) is 0 Å². The molecule has 1 fully saturated rings. The van der Waals surface area contributed by atoms with Crippen LogP contribution in [0.4, 0.5) is 8.78 Å². The van der Waals surface area contributed by atoms with Gasteiger partial charge < -0.3 is 10.6 Å². The van der Waals surface area contributed by atoms with Crippen LogP contribution in [-0.2, 0) is 0 Å². The second-order valence-corrected chi connectivity index (χ2v) is 5.39. The highest BCUT2D eigenvalue weighted by Crippen LogP contribution is 2.23. The number of amides is 1. The maximum atomic E-state index is 14.0. The highest BCUT2D eigenvalue weighted by atomic mass is 19.1. The van der Waals surface area contributed by atoms with Crippen LogP contribution < -0.4 is 5.73 Å². The summed E-state index contributed by atoms with van der Waals surface area (Å²) in [7, 11) is 0. The fraction of sp³-hybridized carbons (Fsp3) is 0.533. The standard InChI is InChI=1S/C15H20F2N2O/c1-10-4-5-12(16)13(14(10)17)15(20)19-8-2-3-11(9-19)6-7-18/h4-5,11H,2-3,6-9,18H2,1H3. The van der Waals surface area contributed by atoms with Crippen molar-refractivity contribution >= 4 is 5.91 Å². The first-order chi connectivity index (χ1) is 9.54. The number of hydrogen-bond acceptors (Lipinski definition) is 2. The third-order valence-corrected chi connectivity index (χ3v) is 3.88. The van der Waals surface area contributed by atoms with E-state index in [2.05, 4.69) is 0 Å². The van der Waals surface area contributed by atoms with Crippen LogP contribution >= 0.6 is 0 Å². The zero-order chi connectivity index (χ0) is 14.7. The SMILES string of the molecule is Cc1ccc(F)c(C(=O)N2CCCC(CCN)C2)c1F. The minimum Gasteiger partial charge on any atom is -0.338 e. The highest BCUT2D eigenvalue weighted by molar-refractivity contribution is 5.95. The molecule has 1 aromatic rings. The molecule has 2 rings (SSSR count). The van der Waals surface area contributed by atoms with Crippen molar-refractivity contribution in [2.45, 2.75) is 26.2 Å². The van der Waals surface area contributed by atoms with Crippen molar-refractivity contribution < 1.29 is 13.6 Å². The van der Waals surface area contributed by atoms with Crippen molar-refractivity contribution in [2.75, 3.05) is 19.6 Å². The molecule has 110 valence electrons. The van der Waals surface area contributed by atoms with E-state index in [9.17, 15) is 13.6 Å². The van der Waals surface area contributed by atoms with Gasteiger partial charge in [-0.1, -0.05) is 6.07 Å². The number of hydrogen-bond donors (Lipinski definition) is 1. The first kappa shape index (κ1) is 14.9. The summed E-state index contributed by atoms with van der Waals surface area (Å²) < 4.78 is 27.8. The number of carbonyl (C=O) groups is 1. The zero-order valence-electron chi connectivity index (χ0n) is 11.7. The van der Waals surface area contributed by atoms with Gasteiger partial charge in [0.15, 0.2) is 0 Å². The molecule has 1 aromatic carbocycles. The van der Waals surface area contributed by atoms with E-state index in [1.54, 1.807) is 4.90 Å². The molecule has 0 bridgehead atoms. The smallest absolute Gasteiger partial charge is 0.259 e. The van der Waals surface area contributed by atoms with E-state index >= 15 is 0 Å². The normalized spacial score (nSPS) is 19.2. The van der Waals surface area contributed by atoms with Crippen molar-refractivity contribution in [1.82, 2.24) is 4.90 Å². The molecule has 1 aliphatic rings. The van der Waals surface area contributed by atoms with Gasteiger partial charge in [-0.15, -0.1) is 0 Å². The Morgan fingerprint density at radius 1 is 1.45 bits per heavy atom. The number of benzene rings is 1. The molecule has 0 spiro atoms. The molecule has 1 aliphatic heterocycles. The number of piperidine rings is 1. The molecule has 1 saturated heterocycles. The molecule has 1 heterocycles. The monoisotopic (exact) mass is 282 g/mol. The molecule has 0 aliphatic carbocycles. The van der Waals surface area contributed by atoms with Crippen molar-refractivity contribution in [3.05, 3.63) is 34.9 Å². The number of likely N-dealkylation sites (tertiary alicyclic amines) is 1. The van der Waals surface area contributed by atoms with Crippen LogP contribution in [-0.4, -0.2) is 30.4 Å². The number of aryl methyl sites for hydroxylation is 1. The van der Waals surface area contributed by atoms with E-state index in [0.717, 1.165) is 25.3 Å². The Bertz CT molecular complexity index is 503. The fourth-order valence-corrected chi connectivity index (χ4v) is 2.73. The van der Waals surface area contributed by atoms with Crippen LogP contribution in [0, 0.1) is 24.5 Å². The summed E-state index contributed by atoms with van der Waals surface area (Å²) in [5.74, 6) is -1.77. The van der Waals surface area contributed by atoms with E-state index < -0.39 is 23.1 Å². The van der Waals surface area contributed by atoms with Crippen LogP contribution in [0.15, 0.2) is 12.1 Å². The summed E-state index contributed by atoms with van der Waals surface area (Å²) in [5, 5.41) is 0. The molecule has 0 radical (unpaired) electrons. The Kier molecular flexibility index (Phi) is 4.70. The second-order valence-electron chi connectivity index (χ2n) is 5.39. The lowest BCUT2D eigenvalue weighted by molar-refractivity contribution is 0.0659. The number of rotatable bonds is 3. The van der Waals surface area contributed by atoms with Gasteiger partial charge in [0.1, 0.15) is 17.2 Å². The van der Waals surface area contributed by atoms with Gasteiger partial charge in [0, 0.05) is 13.1 Å². The van der Waals surface area contributed by atoms with Gasteiger partial charge in [-0.25, -0.2) is 8.78 Å². The van der Waals surface area contributed by atoms with Gasteiger partial charge in [-0.05, 0) is 50.3 Å². The lowest BCUT2D eigenvalue weighted by atomic mass is 9.94. The summed E-state index contributed by atoms with van der Waals surface area (Å²) in [6.45, 7) is 3.18. The van der Waals surface area contributed by atoms with E-state index in [1.807, 2.05) is 0 Å². The van der Waals surface area contributed by atoms with E-state index in [1.165, 1.54) is 13.0 Å². The number of nitrogens with two attached hydrogens (primary N) is 1. The number of nitrogens with zero attached hydrogens (tertiary/aromatic N) is 1. The molecule has 20 heavy (non-hydrogen) atoms. The first-order valence-electron chi connectivity index (χ1n) is 6.98. The van der Waals surface area contributed by atoms with Gasteiger partial charge >= 0.3 is 0 Å². The van der Waals surface area contributed by atoms with Crippen LogP contribution in [0.5, 0.6) is 0 Å². The molecule has 3 nitrogen and oxygen atoms in total. The van der Waals surface area contributed by atoms with Crippen molar-refractivity contribution in [3.63, 3.8) is 0 Å². The van der Waals surface area contributed by atoms with Crippen molar-refractivity contribution in [3.8, 4) is 0 Å². The number of carbonyl (C=O) groups excluding carboxylic acids is 1. The third-order valence-electron chi connectivity index (χ3n) is 3.88. The minimum absolute atomic E-state index is 0.283. The lowest BCUT2D eigenvalue weighted by Gasteiger charge is -2.33. The van der Waals surface area contributed by atoms with Gasteiger partial charge in [-0.3, -0.25) is 4.79 Å². The lowest BCUT2D eigenvalue weighted by Crippen LogP contribution is -2.41. The Hall–Kier alpha value is -1.49. The van der Waals surface area contributed by atoms with E-state index in [0.29, 0.717) is 25.6 Å². The molecule has 1 amide bonds. The van der Waals surface area contributed by atoms with Crippen molar-refractivity contribution in [1.29, 1.82) is 0 Å². The summed E-state index contributed by atoms with van der Waals surface area (Å²) in [6, 6.07) is 2.49. The topological polar surface area (TPSA) is 46.3 Å². The van der Waals surface area contributed by atoms with E-state index in [-0.39, 0.29) is 5.56 Å². The predicted octanol–water partition coefficient (Wildman–Crippen LogP) is 2.47. The third kappa shape index (κ3) is 2.98. The van der Waals surface area contributed by atoms with E-state index in [4.69, 9.17) is 5.73 Å². The van der Waals surface area contributed by atoms with Crippen LogP contribution in [0.1, 0.15) is 35.2 Å². The molecule has 1 unspecified atom stereocenters. The number of halogens is 2. The molecule has 2 N–H and O–H groups in total. The maximum absolute atomic E-state index is 14.0. The summed E-state index contributed by atoms with van der Waals surface area (Å²) in [6.07, 6.45) is 2.70. The molecule has 1 atom stereocenters. The Labute approximate surface area is 117 Å². The maximum Gasteiger partial charge on any atom is 0.259 e. The first-order valence-corrected chi connectivity index (χ1v) is 6.98. The van der Waals surface area contributed by atoms with Gasteiger partial charge in [0.2, 0.25) is 0 Å².